The molecule has 0 aliphatic carbocycles. The van der Waals surface area contributed by atoms with Crippen LogP contribution in [0.4, 0.5) is 17.6 Å². The van der Waals surface area contributed by atoms with Crippen molar-refractivity contribution in [1.82, 2.24) is 14.1 Å². The van der Waals surface area contributed by atoms with Gasteiger partial charge in [-0.05, 0) is 67.2 Å². The largest absolute Gasteiger partial charge is 0.465 e. The molecule has 0 amide bonds. The second-order valence-corrected chi connectivity index (χ2v) is 7.61. The number of nitriles is 1. The number of imidazole rings is 1. The molecular weight excluding hydrogens is 472 g/mol. The first-order chi connectivity index (χ1) is 16.1. The molecule has 0 aliphatic rings. The Kier molecular flexibility index (Phi) is 5.70. The molecule has 11 heteroatoms. The maximum absolute atomic E-state index is 14.7. The third kappa shape index (κ3) is 3.72. The Bertz CT molecular complexity index is 1560. The molecule has 0 N–H and O–H groups in total. The van der Waals surface area contributed by atoms with Crippen LogP contribution in [-0.4, -0.2) is 27.2 Å². The zero-order valence-electron chi connectivity index (χ0n) is 17.6. The number of methoxy groups -OCH3 is 1. The lowest BCUT2D eigenvalue weighted by atomic mass is 10.1. The van der Waals surface area contributed by atoms with Gasteiger partial charge in [-0.25, -0.2) is 14.2 Å². The van der Waals surface area contributed by atoms with E-state index in [0.717, 1.165) is 25.3 Å². The van der Waals surface area contributed by atoms with E-state index < -0.39 is 29.1 Å². The predicted molar refractivity (Wildman–Crippen MR) is 117 cm³/mol. The van der Waals surface area contributed by atoms with Crippen LogP contribution in [0.15, 0.2) is 48.7 Å². The Labute approximate surface area is 195 Å². The zero-order valence-corrected chi connectivity index (χ0v) is 18.5. The molecule has 0 saturated carbocycles. The SMILES string of the molecule is COC(=O)c1ccc(-n2c(=S)n(-c3ccc(C#N)c(C(F)(F)F)c3)c3nccc(C)c32)cc1F. The van der Waals surface area contributed by atoms with Gasteiger partial charge in [0, 0.05) is 6.20 Å². The molecule has 0 fully saturated rings. The van der Waals surface area contributed by atoms with Gasteiger partial charge in [0.05, 0.1) is 46.8 Å². The number of fused-ring (bicyclic) bond motifs is 1. The molecule has 34 heavy (non-hydrogen) atoms. The summed E-state index contributed by atoms with van der Waals surface area (Å²) < 4.78 is 62.7. The first-order valence-electron chi connectivity index (χ1n) is 9.67. The molecule has 2 aromatic carbocycles. The summed E-state index contributed by atoms with van der Waals surface area (Å²) in [5, 5.41) is 9.10. The molecule has 0 aliphatic heterocycles. The Morgan fingerprint density at radius 1 is 1.12 bits per heavy atom. The van der Waals surface area contributed by atoms with Crippen molar-refractivity contribution in [1.29, 1.82) is 5.26 Å². The van der Waals surface area contributed by atoms with E-state index >= 15 is 0 Å². The molecule has 4 aromatic rings. The standard InChI is InChI=1S/C23H14F4N4O2S/c1-12-7-8-29-20-19(12)30(15-5-6-16(18(24)10-15)21(32)33-2)22(34)31(20)14-4-3-13(11-28)17(9-14)23(25,26)27/h3-10H,1-2H3. The molecule has 2 heterocycles. The van der Waals surface area contributed by atoms with Gasteiger partial charge in [0.2, 0.25) is 0 Å². The number of benzene rings is 2. The smallest absolute Gasteiger partial charge is 0.417 e. The van der Waals surface area contributed by atoms with E-state index in [1.54, 1.807) is 19.1 Å². The van der Waals surface area contributed by atoms with Crippen LogP contribution in [0.1, 0.15) is 27.0 Å². The number of carbonyl (C=O) groups is 1. The number of alkyl halides is 3. The molecule has 2 aromatic heterocycles. The molecule has 0 bridgehead atoms. The second kappa shape index (κ2) is 8.39. The van der Waals surface area contributed by atoms with Gasteiger partial charge in [-0.1, -0.05) is 0 Å². The van der Waals surface area contributed by atoms with E-state index in [1.165, 1.54) is 33.5 Å². The Morgan fingerprint density at radius 2 is 1.79 bits per heavy atom. The number of aryl methyl sites for hydroxylation is 1. The molecule has 0 saturated heterocycles. The molecule has 0 atom stereocenters. The van der Waals surface area contributed by atoms with E-state index in [9.17, 15) is 22.4 Å². The van der Waals surface area contributed by atoms with E-state index in [0.29, 0.717) is 11.1 Å². The number of carbonyl (C=O) groups excluding carboxylic acids is 1. The van der Waals surface area contributed by atoms with Crippen LogP contribution in [0.2, 0.25) is 0 Å². The molecule has 0 radical (unpaired) electrons. The number of hydrogen-bond acceptors (Lipinski definition) is 5. The second-order valence-electron chi connectivity index (χ2n) is 7.25. The van der Waals surface area contributed by atoms with E-state index in [4.69, 9.17) is 17.5 Å². The topological polar surface area (TPSA) is 72.8 Å². The Hall–Kier alpha value is -4.04. The normalized spacial score (nSPS) is 11.4. The van der Waals surface area contributed by atoms with Crippen molar-refractivity contribution in [2.45, 2.75) is 13.1 Å². The highest BCUT2D eigenvalue weighted by Crippen LogP contribution is 2.35. The first kappa shape index (κ1) is 23.1. The number of pyridine rings is 1. The van der Waals surface area contributed by atoms with Crippen LogP contribution in [0.25, 0.3) is 22.5 Å². The van der Waals surface area contributed by atoms with Crippen LogP contribution >= 0.6 is 12.2 Å². The maximum Gasteiger partial charge on any atom is 0.417 e. The van der Waals surface area contributed by atoms with Crippen molar-refractivity contribution in [3.05, 3.63) is 81.5 Å². The number of halogens is 4. The summed E-state index contributed by atoms with van der Waals surface area (Å²) in [5.41, 5.74) is -0.303. The van der Waals surface area contributed by atoms with Crippen LogP contribution in [0.5, 0.6) is 0 Å². The highest BCUT2D eigenvalue weighted by molar-refractivity contribution is 7.71. The van der Waals surface area contributed by atoms with Crippen molar-refractivity contribution in [2.75, 3.05) is 7.11 Å². The maximum atomic E-state index is 14.7. The van der Waals surface area contributed by atoms with Gasteiger partial charge in [0.25, 0.3) is 0 Å². The van der Waals surface area contributed by atoms with Crippen LogP contribution in [0, 0.1) is 28.8 Å². The number of nitrogens with zero attached hydrogens (tertiary/aromatic N) is 4. The fourth-order valence-electron chi connectivity index (χ4n) is 3.66. The lowest BCUT2D eigenvalue weighted by Gasteiger charge is -2.12. The summed E-state index contributed by atoms with van der Waals surface area (Å²) in [6, 6.07) is 10.2. The lowest BCUT2D eigenvalue weighted by molar-refractivity contribution is -0.137. The first-order valence-corrected chi connectivity index (χ1v) is 10.1. The quantitative estimate of drug-likeness (QED) is 0.212. The van der Waals surface area contributed by atoms with Gasteiger partial charge in [0.1, 0.15) is 5.82 Å². The van der Waals surface area contributed by atoms with Gasteiger partial charge in [0.15, 0.2) is 10.4 Å². The third-order valence-corrected chi connectivity index (χ3v) is 5.59. The molecule has 4 rings (SSSR count). The minimum absolute atomic E-state index is 0.0138. The van der Waals surface area contributed by atoms with Crippen LogP contribution in [-0.2, 0) is 10.9 Å². The number of rotatable bonds is 3. The third-order valence-electron chi connectivity index (χ3n) is 5.23. The molecule has 0 unspecified atom stereocenters. The summed E-state index contributed by atoms with van der Waals surface area (Å²) in [6.07, 6.45) is -3.29. The van der Waals surface area contributed by atoms with E-state index in [2.05, 4.69) is 9.72 Å². The van der Waals surface area contributed by atoms with Crippen molar-refractivity contribution < 1.29 is 27.1 Å². The fraction of sp³-hybridized carbons (Fsp3) is 0.130. The average molecular weight is 486 g/mol. The zero-order chi connectivity index (χ0) is 24.8. The summed E-state index contributed by atoms with van der Waals surface area (Å²) in [7, 11) is 1.13. The minimum Gasteiger partial charge on any atom is -0.465 e. The van der Waals surface area contributed by atoms with Gasteiger partial charge in [-0.15, -0.1) is 0 Å². The highest BCUT2D eigenvalue weighted by atomic mass is 32.1. The fourth-order valence-corrected chi connectivity index (χ4v) is 4.05. The van der Waals surface area contributed by atoms with Crippen molar-refractivity contribution in [3.8, 4) is 17.4 Å². The molecule has 0 spiro atoms. The van der Waals surface area contributed by atoms with E-state index in [-0.39, 0.29) is 27.4 Å². The number of ether oxygens (including phenoxy) is 1. The number of aromatic nitrogens is 3. The van der Waals surface area contributed by atoms with Gasteiger partial charge >= 0.3 is 12.1 Å². The minimum atomic E-state index is -4.77. The summed E-state index contributed by atoms with van der Waals surface area (Å²) in [5.74, 6) is -1.71. The van der Waals surface area contributed by atoms with Crippen molar-refractivity contribution in [2.24, 2.45) is 0 Å². The van der Waals surface area contributed by atoms with Crippen molar-refractivity contribution >= 4 is 29.4 Å². The van der Waals surface area contributed by atoms with E-state index in [1.807, 2.05) is 0 Å². The van der Waals surface area contributed by atoms with Gasteiger partial charge in [-0.3, -0.25) is 9.13 Å². The Balaban J connectivity index is 2.04. The van der Waals surface area contributed by atoms with Crippen LogP contribution < -0.4 is 0 Å². The number of hydrogen-bond donors (Lipinski definition) is 0. The highest BCUT2D eigenvalue weighted by Gasteiger charge is 2.34. The van der Waals surface area contributed by atoms with Crippen LogP contribution in [0.3, 0.4) is 0 Å². The molecule has 172 valence electrons. The van der Waals surface area contributed by atoms with Gasteiger partial charge in [-0.2, -0.15) is 18.4 Å². The van der Waals surface area contributed by atoms with Crippen molar-refractivity contribution in [3.63, 3.8) is 0 Å². The van der Waals surface area contributed by atoms with Gasteiger partial charge < -0.3 is 4.74 Å². The Morgan fingerprint density at radius 3 is 2.41 bits per heavy atom. The average Bonchev–Trinajstić information content (AvgIpc) is 3.10. The molecular formula is C23H14F4N4O2S. The summed E-state index contributed by atoms with van der Waals surface area (Å²) in [6.45, 7) is 1.75. The summed E-state index contributed by atoms with van der Waals surface area (Å²) >= 11 is 5.59. The monoisotopic (exact) mass is 486 g/mol. The molecule has 6 nitrogen and oxygen atoms in total. The number of esters is 1. The predicted octanol–water partition coefficient (Wildman–Crippen LogP) is 5.67. The lowest BCUT2D eigenvalue weighted by Crippen LogP contribution is -2.09. The summed E-state index contributed by atoms with van der Waals surface area (Å²) in [4.78, 5) is 16.1.